The first-order valence-corrected chi connectivity index (χ1v) is 9.06. The highest BCUT2D eigenvalue weighted by atomic mass is 35.5. The van der Waals surface area contributed by atoms with Crippen molar-refractivity contribution in [3.8, 4) is 0 Å². The van der Waals surface area contributed by atoms with Crippen molar-refractivity contribution in [3.63, 3.8) is 0 Å². The SMILES string of the molecule is Clc1ccc(C(c2c[nH]c3ccccc23)c2c[nH]c3ccccc23)cc1. The molecule has 0 unspecified atom stereocenters. The van der Waals surface area contributed by atoms with Gasteiger partial charge in [-0.1, -0.05) is 60.1 Å². The van der Waals surface area contributed by atoms with Gasteiger partial charge in [0.25, 0.3) is 0 Å². The smallest absolute Gasteiger partial charge is 0.0457 e. The molecule has 2 nitrogen and oxygen atoms in total. The number of nitrogens with one attached hydrogen (secondary N) is 2. The Bertz CT molecular complexity index is 1120. The maximum absolute atomic E-state index is 6.14. The van der Waals surface area contributed by atoms with Gasteiger partial charge in [0, 0.05) is 45.1 Å². The van der Waals surface area contributed by atoms with Gasteiger partial charge in [0.15, 0.2) is 0 Å². The molecule has 0 radical (unpaired) electrons. The fourth-order valence-electron chi connectivity index (χ4n) is 3.85. The topological polar surface area (TPSA) is 31.6 Å². The maximum Gasteiger partial charge on any atom is 0.0457 e. The van der Waals surface area contributed by atoms with Gasteiger partial charge in [-0.25, -0.2) is 0 Å². The van der Waals surface area contributed by atoms with E-state index in [-0.39, 0.29) is 5.92 Å². The van der Waals surface area contributed by atoms with Crippen molar-refractivity contribution >= 4 is 33.4 Å². The van der Waals surface area contributed by atoms with E-state index >= 15 is 0 Å². The molecule has 0 aliphatic carbocycles. The highest BCUT2D eigenvalue weighted by molar-refractivity contribution is 6.30. The van der Waals surface area contributed by atoms with Crippen LogP contribution in [0.1, 0.15) is 22.6 Å². The van der Waals surface area contributed by atoms with E-state index in [2.05, 4.69) is 83.0 Å². The highest BCUT2D eigenvalue weighted by Crippen LogP contribution is 2.39. The summed E-state index contributed by atoms with van der Waals surface area (Å²) in [5.41, 5.74) is 6.08. The molecule has 3 aromatic carbocycles. The Hall–Kier alpha value is -2.97. The van der Waals surface area contributed by atoms with Crippen molar-refractivity contribution in [2.24, 2.45) is 0 Å². The van der Waals surface area contributed by atoms with E-state index in [9.17, 15) is 0 Å². The summed E-state index contributed by atoms with van der Waals surface area (Å²) in [6.45, 7) is 0. The van der Waals surface area contributed by atoms with Crippen molar-refractivity contribution < 1.29 is 0 Å². The van der Waals surface area contributed by atoms with Gasteiger partial charge >= 0.3 is 0 Å². The molecule has 0 amide bonds. The summed E-state index contributed by atoms with van der Waals surface area (Å²) < 4.78 is 0. The van der Waals surface area contributed by atoms with Crippen LogP contribution in [-0.4, -0.2) is 9.97 Å². The minimum absolute atomic E-state index is 0.125. The third-order valence-corrected chi connectivity index (χ3v) is 5.32. The minimum Gasteiger partial charge on any atom is -0.361 e. The molecule has 0 aliphatic rings. The normalized spacial score (nSPS) is 11.6. The van der Waals surface area contributed by atoms with Crippen LogP contribution in [0.3, 0.4) is 0 Å². The van der Waals surface area contributed by atoms with E-state index < -0.39 is 0 Å². The molecule has 0 saturated carbocycles. The second-order valence-corrected chi connectivity index (χ2v) is 7.00. The lowest BCUT2D eigenvalue weighted by Crippen LogP contribution is -2.02. The van der Waals surface area contributed by atoms with Crippen LogP contribution in [0.25, 0.3) is 21.8 Å². The molecule has 0 bridgehead atoms. The van der Waals surface area contributed by atoms with Gasteiger partial charge in [-0.15, -0.1) is 0 Å². The maximum atomic E-state index is 6.14. The molecule has 5 aromatic rings. The molecule has 0 fully saturated rings. The first-order valence-electron chi connectivity index (χ1n) is 8.69. The fourth-order valence-corrected chi connectivity index (χ4v) is 3.97. The van der Waals surface area contributed by atoms with Crippen LogP contribution in [0.4, 0.5) is 0 Å². The molecule has 0 spiro atoms. The van der Waals surface area contributed by atoms with Gasteiger partial charge in [0.05, 0.1) is 0 Å². The fraction of sp³-hybridized carbons (Fsp3) is 0.0435. The number of benzene rings is 3. The molecule has 3 heteroatoms. The Morgan fingerprint density at radius 1 is 0.615 bits per heavy atom. The lowest BCUT2D eigenvalue weighted by molar-refractivity contribution is 0.998. The molecule has 5 rings (SSSR count). The lowest BCUT2D eigenvalue weighted by Gasteiger charge is -2.17. The third-order valence-electron chi connectivity index (χ3n) is 5.07. The summed E-state index contributed by atoms with van der Waals surface area (Å²) in [5.74, 6) is 0.125. The summed E-state index contributed by atoms with van der Waals surface area (Å²) >= 11 is 6.14. The number of aromatic amines is 2. The zero-order chi connectivity index (χ0) is 17.5. The Labute approximate surface area is 156 Å². The standard InChI is InChI=1S/C23H17ClN2/c24-16-11-9-15(10-12-16)23(19-13-25-21-7-3-1-5-17(19)21)20-14-26-22-8-4-2-6-18(20)22/h1-14,23,25-26H. The van der Waals surface area contributed by atoms with Crippen LogP contribution in [0.2, 0.25) is 5.02 Å². The summed E-state index contributed by atoms with van der Waals surface area (Å²) in [7, 11) is 0. The monoisotopic (exact) mass is 356 g/mol. The van der Waals surface area contributed by atoms with Crippen LogP contribution >= 0.6 is 11.6 Å². The molecular formula is C23H17ClN2. The van der Waals surface area contributed by atoms with E-state index in [1.54, 1.807) is 0 Å². The third kappa shape index (κ3) is 2.42. The zero-order valence-electron chi connectivity index (χ0n) is 14.0. The van der Waals surface area contributed by atoms with Crippen molar-refractivity contribution in [1.29, 1.82) is 0 Å². The molecule has 2 aromatic heterocycles. The number of hydrogen-bond acceptors (Lipinski definition) is 0. The van der Waals surface area contributed by atoms with Gasteiger partial charge in [0.2, 0.25) is 0 Å². The number of rotatable bonds is 3. The second kappa shape index (κ2) is 6.08. The molecule has 2 heterocycles. The van der Waals surface area contributed by atoms with Crippen LogP contribution in [0.5, 0.6) is 0 Å². The molecule has 0 aliphatic heterocycles. The number of fused-ring (bicyclic) bond motifs is 2. The van der Waals surface area contributed by atoms with Crippen molar-refractivity contribution in [2.75, 3.05) is 0 Å². The quantitative estimate of drug-likeness (QED) is 0.370. The van der Waals surface area contributed by atoms with Crippen LogP contribution < -0.4 is 0 Å². The average molecular weight is 357 g/mol. The van der Waals surface area contributed by atoms with Crippen LogP contribution in [0, 0.1) is 0 Å². The lowest BCUT2D eigenvalue weighted by atomic mass is 9.85. The van der Waals surface area contributed by atoms with E-state index in [1.807, 2.05) is 12.1 Å². The molecule has 26 heavy (non-hydrogen) atoms. The Morgan fingerprint density at radius 2 is 1.12 bits per heavy atom. The summed E-state index contributed by atoms with van der Waals surface area (Å²) in [6.07, 6.45) is 4.26. The van der Waals surface area contributed by atoms with Crippen molar-refractivity contribution in [1.82, 2.24) is 9.97 Å². The Kier molecular flexibility index (Phi) is 3.58. The number of hydrogen-bond donors (Lipinski definition) is 2. The van der Waals surface area contributed by atoms with Gasteiger partial charge in [-0.2, -0.15) is 0 Å². The first-order chi connectivity index (χ1) is 12.8. The average Bonchev–Trinajstić information content (AvgIpc) is 3.29. The second-order valence-electron chi connectivity index (χ2n) is 6.56. The molecule has 126 valence electrons. The number of H-pyrrole nitrogens is 2. The van der Waals surface area contributed by atoms with Gasteiger partial charge in [-0.3, -0.25) is 0 Å². The largest absolute Gasteiger partial charge is 0.361 e. The van der Waals surface area contributed by atoms with E-state index in [0.717, 1.165) is 16.1 Å². The number of para-hydroxylation sites is 2. The molecule has 0 saturated heterocycles. The van der Waals surface area contributed by atoms with E-state index in [4.69, 9.17) is 11.6 Å². The summed E-state index contributed by atoms with van der Waals surface area (Å²) in [6, 6.07) is 25.1. The Morgan fingerprint density at radius 3 is 1.65 bits per heavy atom. The molecule has 2 N–H and O–H groups in total. The van der Waals surface area contributed by atoms with Crippen LogP contribution in [0.15, 0.2) is 85.2 Å². The van der Waals surface area contributed by atoms with Gasteiger partial charge < -0.3 is 9.97 Å². The van der Waals surface area contributed by atoms with Gasteiger partial charge in [0.1, 0.15) is 0 Å². The summed E-state index contributed by atoms with van der Waals surface area (Å²) in [4.78, 5) is 6.85. The van der Waals surface area contributed by atoms with E-state index in [0.29, 0.717) is 0 Å². The minimum atomic E-state index is 0.125. The summed E-state index contributed by atoms with van der Waals surface area (Å²) in [5, 5.41) is 3.25. The predicted octanol–water partition coefficient (Wildman–Crippen LogP) is 6.48. The first kappa shape index (κ1) is 15.3. The number of aromatic nitrogens is 2. The van der Waals surface area contributed by atoms with E-state index in [1.165, 1.54) is 27.5 Å². The Balaban J connectivity index is 1.79. The van der Waals surface area contributed by atoms with Gasteiger partial charge in [-0.05, 0) is 41.0 Å². The van der Waals surface area contributed by atoms with Crippen LogP contribution in [-0.2, 0) is 0 Å². The highest BCUT2D eigenvalue weighted by Gasteiger charge is 2.22. The van der Waals surface area contributed by atoms with Crippen molar-refractivity contribution in [3.05, 3.63) is 107 Å². The van der Waals surface area contributed by atoms with Crippen molar-refractivity contribution in [2.45, 2.75) is 5.92 Å². The predicted molar refractivity (Wildman–Crippen MR) is 109 cm³/mol. The number of halogens is 1. The zero-order valence-corrected chi connectivity index (χ0v) is 14.8. The molecule has 0 atom stereocenters. The molecular weight excluding hydrogens is 340 g/mol.